The second kappa shape index (κ2) is 8.38. The molecule has 1 aromatic carbocycles. The lowest BCUT2D eigenvalue weighted by molar-refractivity contribution is -0.125. The summed E-state index contributed by atoms with van der Waals surface area (Å²) in [6.07, 6.45) is 1.66. The summed E-state index contributed by atoms with van der Waals surface area (Å²) in [5, 5.41) is 4.56. The first-order valence-corrected chi connectivity index (χ1v) is 8.65. The largest absolute Gasteiger partial charge is 0.452 e. The monoisotopic (exact) mass is 398 g/mol. The number of esters is 1. The SMILES string of the molecule is Cn1cccc1C(=O)NC(=O)COC(=O)c1ccc(CN2C(=O)CNC2=O)cc1. The van der Waals surface area contributed by atoms with E-state index in [9.17, 15) is 24.0 Å². The number of hydrogen-bond donors (Lipinski definition) is 2. The summed E-state index contributed by atoms with van der Waals surface area (Å²) in [6, 6.07) is 8.83. The lowest BCUT2D eigenvalue weighted by Gasteiger charge is -2.12. The Balaban J connectivity index is 1.49. The molecule has 0 radical (unpaired) electrons. The lowest BCUT2D eigenvalue weighted by Crippen LogP contribution is -2.35. The second-order valence-corrected chi connectivity index (χ2v) is 6.29. The van der Waals surface area contributed by atoms with Gasteiger partial charge in [0.1, 0.15) is 5.69 Å². The molecule has 1 aromatic heterocycles. The normalized spacial score (nSPS) is 13.2. The fourth-order valence-electron chi connectivity index (χ4n) is 2.68. The van der Waals surface area contributed by atoms with Crippen molar-refractivity contribution in [3.8, 4) is 0 Å². The van der Waals surface area contributed by atoms with Crippen LogP contribution < -0.4 is 10.6 Å². The number of aromatic nitrogens is 1. The van der Waals surface area contributed by atoms with E-state index in [-0.39, 0.29) is 24.6 Å². The fraction of sp³-hybridized carbons (Fsp3) is 0.211. The zero-order valence-electron chi connectivity index (χ0n) is 15.5. The summed E-state index contributed by atoms with van der Waals surface area (Å²) in [5.41, 5.74) is 1.13. The summed E-state index contributed by atoms with van der Waals surface area (Å²) in [6.45, 7) is -0.555. The average molecular weight is 398 g/mol. The molecule has 10 heteroatoms. The number of carbonyl (C=O) groups is 5. The standard InChI is InChI=1S/C19H18N4O6/c1-22-8-2-3-14(22)17(26)21-15(24)11-29-18(27)13-6-4-12(5-7-13)10-23-16(25)9-20-19(23)28/h2-8H,9-11H2,1H3,(H,20,28)(H,21,24,26). The third-order valence-corrected chi connectivity index (χ3v) is 4.23. The first kappa shape index (κ1) is 19.8. The Bertz CT molecular complexity index is 963. The average Bonchev–Trinajstić information content (AvgIpc) is 3.27. The molecule has 1 fully saturated rings. The molecule has 1 aliphatic heterocycles. The van der Waals surface area contributed by atoms with Crippen molar-refractivity contribution in [2.75, 3.05) is 13.2 Å². The predicted octanol–water partition coefficient (Wildman–Crippen LogP) is 0.190. The molecule has 150 valence electrons. The second-order valence-electron chi connectivity index (χ2n) is 6.29. The molecule has 2 heterocycles. The Morgan fingerprint density at radius 2 is 1.86 bits per heavy atom. The first-order valence-electron chi connectivity index (χ1n) is 8.65. The van der Waals surface area contributed by atoms with Gasteiger partial charge >= 0.3 is 12.0 Å². The summed E-state index contributed by atoms with van der Waals surface area (Å²) in [7, 11) is 1.66. The minimum Gasteiger partial charge on any atom is -0.452 e. The van der Waals surface area contributed by atoms with Gasteiger partial charge in [0.15, 0.2) is 6.61 Å². The van der Waals surface area contributed by atoms with Crippen molar-refractivity contribution in [1.29, 1.82) is 0 Å². The molecule has 0 saturated carbocycles. The van der Waals surface area contributed by atoms with Crippen molar-refractivity contribution in [2.24, 2.45) is 7.05 Å². The van der Waals surface area contributed by atoms with Gasteiger partial charge in [-0.25, -0.2) is 9.59 Å². The van der Waals surface area contributed by atoms with Gasteiger partial charge in [-0.1, -0.05) is 12.1 Å². The summed E-state index contributed by atoms with van der Waals surface area (Å²) < 4.78 is 6.46. The molecule has 29 heavy (non-hydrogen) atoms. The van der Waals surface area contributed by atoms with Crippen molar-refractivity contribution in [1.82, 2.24) is 20.1 Å². The van der Waals surface area contributed by atoms with Gasteiger partial charge in [-0.05, 0) is 29.8 Å². The van der Waals surface area contributed by atoms with Crippen LogP contribution in [0.15, 0.2) is 42.6 Å². The van der Waals surface area contributed by atoms with E-state index in [1.165, 1.54) is 12.1 Å². The highest BCUT2D eigenvalue weighted by atomic mass is 16.5. The summed E-state index contributed by atoms with van der Waals surface area (Å²) in [5.74, 6) is -2.41. The van der Waals surface area contributed by atoms with E-state index in [0.717, 1.165) is 4.90 Å². The molecule has 10 nitrogen and oxygen atoms in total. The lowest BCUT2D eigenvalue weighted by atomic mass is 10.1. The van der Waals surface area contributed by atoms with Crippen molar-refractivity contribution < 1.29 is 28.7 Å². The van der Waals surface area contributed by atoms with Crippen LogP contribution in [0.25, 0.3) is 0 Å². The fourth-order valence-corrected chi connectivity index (χ4v) is 2.68. The maximum absolute atomic E-state index is 12.1. The molecule has 2 N–H and O–H groups in total. The maximum atomic E-state index is 12.1. The number of carbonyl (C=O) groups excluding carboxylic acids is 5. The highest BCUT2D eigenvalue weighted by Crippen LogP contribution is 2.11. The van der Waals surface area contributed by atoms with Crippen LogP contribution in [0, 0.1) is 0 Å². The van der Waals surface area contributed by atoms with Gasteiger partial charge in [0.25, 0.3) is 11.8 Å². The zero-order chi connectivity index (χ0) is 21.0. The van der Waals surface area contributed by atoms with E-state index in [0.29, 0.717) is 11.3 Å². The van der Waals surface area contributed by atoms with Gasteiger partial charge in [-0.3, -0.25) is 24.6 Å². The molecule has 0 unspecified atom stereocenters. The minimum absolute atomic E-state index is 0.0299. The highest BCUT2D eigenvalue weighted by molar-refractivity contribution is 6.04. The van der Waals surface area contributed by atoms with Gasteiger partial charge in [0, 0.05) is 13.2 Å². The van der Waals surface area contributed by atoms with E-state index in [1.54, 1.807) is 42.1 Å². The number of urea groups is 1. The van der Waals surface area contributed by atoms with Crippen LogP contribution in [0.1, 0.15) is 26.4 Å². The molecular formula is C19H18N4O6. The summed E-state index contributed by atoms with van der Waals surface area (Å²) >= 11 is 0. The number of imide groups is 2. The van der Waals surface area contributed by atoms with E-state index >= 15 is 0 Å². The van der Waals surface area contributed by atoms with E-state index < -0.39 is 30.4 Å². The number of aryl methyl sites for hydroxylation is 1. The van der Waals surface area contributed by atoms with Crippen molar-refractivity contribution in [2.45, 2.75) is 6.54 Å². The van der Waals surface area contributed by atoms with Crippen LogP contribution >= 0.6 is 0 Å². The number of benzene rings is 1. The van der Waals surface area contributed by atoms with Gasteiger partial charge in [0.2, 0.25) is 5.91 Å². The van der Waals surface area contributed by atoms with E-state index in [4.69, 9.17) is 4.74 Å². The Kier molecular flexibility index (Phi) is 5.72. The Morgan fingerprint density at radius 3 is 2.45 bits per heavy atom. The number of amides is 5. The molecular weight excluding hydrogens is 380 g/mol. The minimum atomic E-state index is -0.750. The topological polar surface area (TPSA) is 127 Å². The molecule has 1 aliphatic rings. The van der Waals surface area contributed by atoms with Gasteiger partial charge in [-0.15, -0.1) is 0 Å². The van der Waals surface area contributed by atoms with Crippen LogP contribution in [-0.4, -0.2) is 52.3 Å². The van der Waals surface area contributed by atoms with Crippen LogP contribution in [0.5, 0.6) is 0 Å². The maximum Gasteiger partial charge on any atom is 0.338 e. The zero-order valence-corrected chi connectivity index (χ0v) is 15.5. The number of rotatable bonds is 6. The van der Waals surface area contributed by atoms with Crippen LogP contribution in [0.3, 0.4) is 0 Å². The van der Waals surface area contributed by atoms with Crippen molar-refractivity contribution in [3.63, 3.8) is 0 Å². The van der Waals surface area contributed by atoms with Crippen LogP contribution in [-0.2, 0) is 27.9 Å². The molecule has 5 amide bonds. The predicted molar refractivity (Wildman–Crippen MR) is 98.6 cm³/mol. The van der Waals surface area contributed by atoms with E-state index in [2.05, 4.69) is 10.6 Å². The van der Waals surface area contributed by atoms with Crippen molar-refractivity contribution in [3.05, 3.63) is 59.4 Å². The molecule has 0 spiro atoms. The molecule has 1 saturated heterocycles. The first-order chi connectivity index (χ1) is 13.8. The van der Waals surface area contributed by atoms with Gasteiger partial charge < -0.3 is 14.6 Å². The molecule has 0 bridgehead atoms. The molecule has 0 atom stereocenters. The van der Waals surface area contributed by atoms with Crippen LogP contribution in [0.4, 0.5) is 4.79 Å². The van der Waals surface area contributed by atoms with Gasteiger partial charge in [-0.2, -0.15) is 0 Å². The number of ether oxygens (including phenoxy) is 1. The Labute approximate surface area is 165 Å². The Hall–Kier alpha value is -3.95. The van der Waals surface area contributed by atoms with Crippen LogP contribution in [0.2, 0.25) is 0 Å². The number of nitrogens with one attached hydrogen (secondary N) is 2. The number of nitrogens with zero attached hydrogens (tertiary/aromatic N) is 2. The van der Waals surface area contributed by atoms with E-state index in [1.807, 2.05) is 0 Å². The smallest absolute Gasteiger partial charge is 0.338 e. The van der Waals surface area contributed by atoms with Crippen molar-refractivity contribution >= 4 is 29.7 Å². The highest BCUT2D eigenvalue weighted by Gasteiger charge is 2.28. The molecule has 3 rings (SSSR count). The third-order valence-electron chi connectivity index (χ3n) is 4.23. The molecule has 0 aliphatic carbocycles. The van der Waals surface area contributed by atoms with Gasteiger partial charge in [0.05, 0.1) is 18.7 Å². The Morgan fingerprint density at radius 1 is 1.14 bits per heavy atom. The third kappa shape index (κ3) is 4.67. The number of hydrogen-bond acceptors (Lipinski definition) is 6. The molecule has 2 aromatic rings. The summed E-state index contributed by atoms with van der Waals surface area (Å²) in [4.78, 5) is 60.0. The quantitative estimate of drug-likeness (QED) is 0.528.